The third-order valence-corrected chi connectivity index (χ3v) is 5.86. The Kier molecular flexibility index (Phi) is 5.51. The van der Waals surface area contributed by atoms with Crippen molar-refractivity contribution in [2.75, 3.05) is 7.05 Å². The Morgan fingerprint density at radius 2 is 1.71 bits per heavy atom. The minimum absolute atomic E-state index is 0.0525. The lowest BCUT2D eigenvalue weighted by molar-refractivity contribution is 0.398. The lowest BCUT2D eigenvalue weighted by atomic mass is 10.1. The fraction of sp³-hybridized carbons (Fsp3) is 0.500. The third-order valence-electron chi connectivity index (χ3n) is 3.12. The Bertz CT molecular complexity index is 699. The second kappa shape index (κ2) is 6.41. The fourth-order valence-electron chi connectivity index (χ4n) is 1.61. The lowest BCUT2D eigenvalue weighted by Crippen LogP contribution is -2.42. The molecule has 1 aromatic rings. The van der Waals surface area contributed by atoms with Gasteiger partial charge in [0.2, 0.25) is 10.0 Å². The van der Waals surface area contributed by atoms with Crippen molar-refractivity contribution in [1.82, 2.24) is 9.03 Å². The minimum atomic E-state index is -3.82. The summed E-state index contributed by atoms with van der Waals surface area (Å²) in [5.74, 6) is 0. The normalized spacial score (nSPS) is 14.6. The van der Waals surface area contributed by atoms with E-state index < -0.39 is 26.3 Å². The van der Waals surface area contributed by atoms with Crippen molar-refractivity contribution < 1.29 is 16.8 Å². The van der Waals surface area contributed by atoms with E-state index in [1.165, 1.54) is 29.6 Å². The van der Waals surface area contributed by atoms with Crippen LogP contribution in [-0.4, -0.2) is 34.2 Å². The van der Waals surface area contributed by atoms with Gasteiger partial charge in [-0.1, -0.05) is 12.1 Å². The van der Waals surface area contributed by atoms with Gasteiger partial charge in [0.05, 0.1) is 4.90 Å². The van der Waals surface area contributed by atoms with E-state index in [4.69, 9.17) is 5.14 Å². The highest BCUT2D eigenvalue weighted by Gasteiger charge is 2.23. The zero-order chi connectivity index (χ0) is 16.4. The number of benzene rings is 1. The van der Waals surface area contributed by atoms with Gasteiger partial charge in [-0.15, -0.1) is 0 Å². The van der Waals surface area contributed by atoms with Crippen molar-refractivity contribution in [3.05, 3.63) is 29.8 Å². The molecule has 0 spiro atoms. The Balaban J connectivity index is 3.03. The standard InChI is InChI=1S/C12H21N3O4S2/c1-9(2)15(4)21(18,19)14-10(3)11-6-5-7-12(8-11)20(13,16)17/h5-10,14H,1-4H3,(H2,13,16,17). The third kappa shape index (κ3) is 4.75. The minimum Gasteiger partial charge on any atom is -0.225 e. The summed E-state index contributed by atoms with van der Waals surface area (Å²) < 4.78 is 50.6. The van der Waals surface area contributed by atoms with Gasteiger partial charge in [0.1, 0.15) is 0 Å². The summed E-state index contributed by atoms with van der Waals surface area (Å²) >= 11 is 0. The van der Waals surface area contributed by atoms with Gasteiger partial charge in [-0.3, -0.25) is 0 Å². The molecule has 3 N–H and O–H groups in total. The fourth-order valence-corrected chi connectivity index (χ4v) is 3.49. The maximum Gasteiger partial charge on any atom is 0.279 e. The van der Waals surface area contributed by atoms with Crippen LogP contribution in [0.2, 0.25) is 0 Å². The van der Waals surface area contributed by atoms with Crippen LogP contribution in [-0.2, 0) is 20.2 Å². The van der Waals surface area contributed by atoms with Crippen LogP contribution < -0.4 is 9.86 Å². The number of nitrogens with one attached hydrogen (secondary N) is 1. The first-order chi connectivity index (χ1) is 9.45. The molecule has 21 heavy (non-hydrogen) atoms. The number of nitrogens with two attached hydrogens (primary N) is 1. The molecule has 0 saturated carbocycles. The van der Waals surface area contributed by atoms with E-state index in [2.05, 4.69) is 4.72 Å². The molecule has 0 aromatic heterocycles. The van der Waals surface area contributed by atoms with Crippen LogP contribution in [0.1, 0.15) is 32.4 Å². The molecule has 7 nitrogen and oxygen atoms in total. The predicted octanol–water partition coefficient (Wildman–Crippen LogP) is 0.570. The van der Waals surface area contributed by atoms with E-state index in [9.17, 15) is 16.8 Å². The Labute approximate surface area is 126 Å². The van der Waals surface area contributed by atoms with Crippen LogP contribution in [0.25, 0.3) is 0 Å². The van der Waals surface area contributed by atoms with E-state index in [0.29, 0.717) is 5.56 Å². The molecule has 1 unspecified atom stereocenters. The number of hydrogen-bond donors (Lipinski definition) is 2. The second-order valence-electron chi connectivity index (χ2n) is 5.07. The lowest BCUT2D eigenvalue weighted by Gasteiger charge is -2.24. The van der Waals surface area contributed by atoms with Gasteiger partial charge in [-0.05, 0) is 38.5 Å². The maximum atomic E-state index is 12.1. The van der Waals surface area contributed by atoms with Gasteiger partial charge in [0, 0.05) is 19.1 Å². The molecule has 1 aromatic carbocycles. The van der Waals surface area contributed by atoms with Crippen molar-refractivity contribution in [2.45, 2.75) is 37.8 Å². The monoisotopic (exact) mass is 335 g/mol. The smallest absolute Gasteiger partial charge is 0.225 e. The molecule has 0 aliphatic heterocycles. The van der Waals surface area contributed by atoms with Gasteiger partial charge in [0.25, 0.3) is 10.2 Å². The van der Waals surface area contributed by atoms with Crippen LogP contribution in [0, 0.1) is 0 Å². The molecule has 0 amide bonds. The van der Waals surface area contributed by atoms with E-state index in [1.54, 1.807) is 26.8 Å². The quantitative estimate of drug-likeness (QED) is 0.792. The molecule has 1 atom stereocenters. The van der Waals surface area contributed by atoms with Gasteiger partial charge >= 0.3 is 0 Å². The highest BCUT2D eigenvalue weighted by molar-refractivity contribution is 7.89. The van der Waals surface area contributed by atoms with Crippen LogP contribution in [0.5, 0.6) is 0 Å². The van der Waals surface area contributed by atoms with Crippen LogP contribution in [0.15, 0.2) is 29.2 Å². The SMILES string of the molecule is CC(NS(=O)(=O)N(C)C(C)C)c1cccc(S(N)(=O)=O)c1. The summed E-state index contributed by atoms with van der Waals surface area (Å²) in [5, 5.41) is 5.07. The summed E-state index contributed by atoms with van der Waals surface area (Å²) in [6.07, 6.45) is 0. The molecule has 0 fully saturated rings. The molecular formula is C12H21N3O4S2. The van der Waals surface area contributed by atoms with E-state index in [1.807, 2.05) is 0 Å². The molecule has 1 rings (SSSR count). The average molecular weight is 335 g/mol. The van der Waals surface area contributed by atoms with Crippen molar-refractivity contribution in [1.29, 1.82) is 0 Å². The number of nitrogens with zero attached hydrogens (tertiary/aromatic N) is 1. The highest BCUT2D eigenvalue weighted by Crippen LogP contribution is 2.18. The van der Waals surface area contributed by atoms with E-state index in [0.717, 1.165) is 0 Å². The number of rotatable bonds is 6. The molecule has 0 radical (unpaired) electrons. The summed E-state index contributed by atoms with van der Waals surface area (Å²) in [4.78, 5) is -0.0525. The number of hydrogen-bond acceptors (Lipinski definition) is 4. The van der Waals surface area contributed by atoms with E-state index in [-0.39, 0.29) is 10.9 Å². The highest BCUT2D eigenvalue weighted by atomic mass is 32.2. The van der Waals surface area contributed by atoms with Gasteiger partial charge in [-0.25, -0.2) is 13.6 Å². The summed E-state index contributed by atoms with van der Waals surface area (Å²) in [6, 6.07) is 5.10. The van der Waals surface area contributed by atoms with Gasteiger partial charge < -0.3 is 0 Å². The molecule has 0 aliphatic rings. The molecule has 0 saturated heterocycles. The first-order valence-electron chi connectivity index (χ1n) is 6.33. The largest absolute Gasteiger partial charge is 0.279 e. The van der Waals surface area contributed by atoms with Crippen molar-refractivity contribution in [3.63, 3.8) is 0 Å². The summed E-state index contributed by atoms with van der Waals surface area (Å²) in [7, 11) is -6.00. The average Bonchev–Trinajstić information content (AvgIpc) is 2.36. The Hall–Kier alpha value is -1.00. The van der Waals surface area contributed by atoms with Crippen LogP contribution >= 0.6 is 0 Å². The molecule has 0 heterocycles. The maximum absolute atomic E-state index is 12.1. The number of sulfonamides is 1. The van der Waals surface area contributed by atoms with Crippen molar-refractivity contribution >= 4 is 20.2 Å². The van der Waals surface area contributed by atoms with Crippen molar-refractivity contribution in [3.8, 4) is 0 Å². The molecule has 9 heteroatoms. The van der Waals surface area contributed by atoms with Crippen LogP contribution in [0.3, 0.4) is 0 Å². The molecule has 120 valence electrons. The molecular weight excluding hydrogens is 314 g/mol. The van der Waals surface area contributed by atoms with Gasteiger partial charge in [0.15, 0.2) is 0 Å². The van der Waals surface area contributed by atoms with E-state index >= 15 is 0 Å². The number of primary sulfonamides is 1. The van der Waals surface area contributed by atoms with Crippen LogP contribution in [0.4, 0.5) is 0 Å². The topological polar surface area (TPSA) is 110 Å². The molecule has 0 bridgehead atoms. The first kappa shape index (κ1) is 18.1. The summed E-state index contributed by atoms with van der Waals surface area (Å²) in [5.41, 5.74) is 0.516. The predicted molar refractivity (Wildman–Crippen MR) is 81.2 cm³/mol. The zero-order valence-electron chi connectivity index (χ0n) is 12.4. The Morgan fingerprint density at radius 1 is 1.14 bits per heavy atom. The Morgan fingerprint density at radius 3 is 2.19 bits per heavy atom. The molecule has 0 aliphatic carbocycles. The second-order valence-corrected chi connectivity index (χ2v) is 8.40. The van der Waals surface area contributed by atoms with Gasteiger partial charge in [-0.2, -0.15) is 17.4 Å². The zero-order valence-corrected chi connectivity index (χ0v) is 14.1. The van der Waals surface area contributed by atoms with Crippen molar-refractivity contribution in [2.24, 2.45) is 5.14 Å². The summed E-state index contributed by atoms with van der Waals surface area (Å²) in [6.45, 7) is 5.14. The first-order valence-corrected chi connectivity index (χ1v) is 9.32.